The molecule has 0 radical (unpaired) electrons. The van der Waals surface area contributed by atoms with Crippen LogP contribution in [-0.4, -0.2) is 17.7 Å². The Morgan fingerprint density at radius 2 is 2.00 bits per heavy atom. The van der Waals surface area contributed by atoms with E-state index in [9.17, 15) is 13.6 Å². The maximum absolute atomic E-state index is 12.0. The summed E-state index contributed by atoms with van der Waals surface area (Å²) in [7, 11) is 0. The molecule has 0 aliphatic heterocycles. The van der Waals surface area contributed by atoms with Gasteiger partial charge in [-0.3, -0.25) is 4.79 Å². The molecule has 5 nitrogen and oxygen atoms in total. The molecule has 7 heteroatoms. The average molecular weight is 310 g/mol. The molecular formula is C15H16F2N2O3. The fourth-order valence-corrected chi connectivity index (χ4v) is 1.97. The van der Waals surface area contributed by atoms with Gasteiger partial charge in [-0.05, 0) is 31.5 Å². The van der Waals surface area contributed by atoms with Crippen molar-refractivity contribution in [2.75, 3.05) is 0 Å². The molecule has 0 aliphatic carbocycles. The first-order valence-corrected chi connectivity index (χ1v) is 6.68. The monoisotopic (exact) mass is 310 g/mol. The molecule has 0 spiro atoms. The quantitative estimate of drug-likeness (QED) is 0.891. The van der Waals surface area contributed by atoms with Gasteiger partial charge in [0.2, 0.25) is 5.91 Å². The van der Waals surface area contributed by atoms with Crippen molar-refractivity contribution in [1.82, 2.24) is 10.5 Å². The van der Waals surface area contributed by atoms with Crippen molar-refractivity contribution in [3.8, 4) is 5.75 Å². The van der Waals surface area contributed by atoms with E-state index >= 15 is 0 Å². The van der Waals surface area contributed by atoms with Gasteiger partial charge in [0.25, 0.3) is 0 Å². The Bertz CT molecular complexity index is 619. The minimum atomic E-state index is -2.85. The van der Waals surface area contributed by atoms with E-state index in [1.165, 1.54) is 12.1 Å². The van der Waals surface area contributed by atoms with Gasteiger partial charge < -0.3 is 14.6 Å². The van der Waals surface area contributed by atoms with Gasteiger partial charge in [-0.15, -0.1) is 0 Å². The Balaban J connectivity index is 1.86. The fourth-order valence-electron chi connectivity index (χ4n) is 1.97. The Labute approximate surface area is 126 Å². The molecule has 1 aromatic heterocycles. The molecule has 0 fully saturated rings. The molecule has 0 aliphatic rings. The van der Waals surface area contributed by atoms with Gasteiger partial charge in [-0.25, -0.2) is 0 Å². The Hall–Kier alpha value is -2.44. The summed E-state index contributed by atoms with van der Waals surface area (Å²) in [4.78, 5) is 11.9. The highest BCUT2D eigenvalue weighted by atomic mass is 19.3. The molecule has 1 heterocycles. The van der Waals surface area contributed by atoms with Crippen LogP contribution in [0.3, 0.4) is 0 Å². The van der Waals surface area contributed by atoms with Crippen molar-refractivity contribution in [2.24, 2.45) is 0 Å². The van der Waals surface area contributed by atoms with E-state index in [4.69, 9.17) is 4.52 Å². The van der Waals surface area contributed by atoms with Crippen molar-refractivity contribution in [3.63, 3.8) is 0 Å². The number of amides is 1. The van der Waals surface area contributed by atoms with Crippen LogP contribution in [0.4, 0.5) is 8.78 Å². The van der Waals surface area contributed by atoms with Crippen LogP contribution in [0.1, 0.15) is 22.6 Å². The van der Waals surface area contributed by atoms with Crippen molar-refractivity contribution in [3.05, 3.63) is 46.8 Å². The normalized spacial score (nSPS) is 10.8. The zero-order valence-corrected chi connectivity index (χ0v) is 12.2. The van der Waals surface area contributed by atoms with Gasteiger partial charge in [-0.1, -0.05) is 17.3 Å². The zero-order valence-electron chi connectivity index (χ0n) is 12.2. The third-order valence-electron chi connectivity index (χ3n) is 3.16. The van der Waals surface area contributed by atoms with Crippen LogP contribution in [0.15, 0.2) is 28.8 Å². The van der Waals surface area contributed by atoms with Gasteiger partial charge in [0, 0.05) is 12.1 Å². The van der Waals surface area contributed by atoms with Crippen LogP contribution < -0.4 is 10.1 Å². The molecule has 0 saturated heterocycles. The lowest BCUT2D eigenvalue weighted by molar-refractivity contribution is -0.120. The standard InChI is InChI=1S/C15H16F2N2O3/c1-9-13(10(2)22-19-9)7-14(20)18-8-11-3-5-12(6-4-11)21-15(16)17/h3-6,15H,7-8H2,1-2H3,(H,18,20). The van der Waals surface area contributed by atoms with Gasteiger partial charge in [0.1, 0.15) is 11.5 Å². The minimum absolute atomic E-state index is 0.0841. The van der Waals surface area contributed by atoms with Crippen LogP contribution in [0.25, 0.3) is 0 Å². The maximum Gasteiger partial charge on any atom is 0.387 e. The van der Waals surface area contributed by atoms with E-state index in [1.807, 2.05) is 0 Å². The molecular weight excluding hydrogens is 294 g/mol. The Kier molecular flexibility index (Phi) is 5.08. The molecule has 0 bridgehead atoms. The summed E-state index contributed by atoms with van der Waals surface area (Å²) in [5, 5.41) is 6.55. The summed E-state index contributed by atoms with van der Waals surface area (Å²) in [6, 6.07) is 6.10. The van der Waals surface area contributed by atoms with E-state index < -0.39 is 6.61 Å². The lowest BCUT2D eigenvalue weighted by atomic mass is 10.1. The van der Waals surface area contributed by atoms with Crippen LogP contribution in [0, 0.1) is 13.8 Å². The summed E-state index contributed by atoms with van der Waals surface area (Å²) in [5.41, 5.74) is 2.26. The maximum atomic E-state index is 12.0. The third kappa shape index (κ3) is 4.28. The second-order valence-electron chi connectivity index (χ2n) is 4.78. The number of aromatic nitrogens is 1. The number of hydrogen-bond donors (Lipinski definition) is 1. The van der Waals surface area contributed by atoms with Gasteiger partial charge in [0.05, 0.1) is 12.1 Å². The Morgan fingerprint density at radius 3 is 2.55 bits per heavy atom. The summed E-state index contributed by atoms with van der Waals surface area (Å²) < 4.78 is 33.3. The number of aryl methyl sites for hydroxylation is 2. The predicted octanol–water partition coefficient (Wildman–Crippen LogP) is 2.75. The van der Waals surface area contributed by atoms with Gasteiger partial charge in [0.15, 0.2) is 0 Å². The average Bonchev–Trinajstić information content (AvgIpc) is 2.78. The summed E-state index contributed by atoms with van der Waals surface area (Å²) in [5.74, 6) is 0.546. The molecule has 22 heavy (non-hydrogen) atoms. The molecule has 118 valence electrons. The summed E-state index contributed by atoms with van der Waals surface area (Å²) in [6.45, 7) is 0.989. The highest BCUT2D eigenvalue weighted by Gasteiger charge is 2.13. The number of nitrogens with zero attached hydrogens (tertiary/aromatic N) is 1. The smallest absolute Gasteiger partial charge is 0.387 e. The number of halogens is 2. The van der Waals surface area contributed by atoms with Gasteiger partial charge >= 0.3 is 6.61 Å². The van der Waals surface area contributed by atoms with E-state index in [1.54, 1.807) is 26.0 Å². The number of carbonyl (C=O) groups is 1. The number of benzene rings is 1. The van der Waals surface area contributed by atoms with E-state index in [0.29, 0.717) is 18.0 Å². The SMILES string of the molecule is Cc1noc(C)c1CC(=O)NCc1ccc(OC(F)F)cc1. The molecule has 1 aromatic carbocycles. The first-order valence-electron chi connectivity index (χ1n) is 6.68. The highest BCUT2D eigenvalue weighted by molar-refractivity contribution is 5.78. The van der Waals surface area contributed by atoms with Crippen molar-refractivity contribution in [2.45, 2.75) is 33.4 Å². The largest absolute Gasteiger partial charge is 0.435 e. The van der Waals surface area contributed by atoms with Crippen LogP contribution in [-0.2, 0) is 17.8 Å². The lowest BCUT2D eigenvalue weighted by Gasteiger charge is -2.07. The number of nitrogens with one attached hydrogen (secondary N) is 1. The van der Waals surface area contributed by atoms with E-state index in [2.05, 4.69) is 15.2 Å². The molecule has 1 amide bonds. The lowest BCUT2D eigenvalue weighted by Crippen LogP contribution is -2.24. The number of ether oxygens (including phenoxy) is 1. The third-order valence-corrected chi connectivity index (χ3v) is 3.16. The number of rotatable bonds is 6. The molecule has 0 unspecified atom stereocenters. The van der Waals surface area contributed by atoms with Crippen LogP contribution in [0.5, 0.6) is 5.75 Å². The Morgan fingerprint density at radius 1 is 1.32 bits per heavy atom. The van der Waals surface area contributed by atoms with E-state index in [0.717, 1.165) is 11.1 Å². The van der Waals surface area contributed by atoms with Gasteiger partial charge in [-0.2, -0.15) is 8.78 Å². The molecule has 1 N–H and O–H groups in total. The predicted molar refractivity (Wildman–Crippen MR) is 74.6 cm³/mol. The minimum Gasteiger partial charge on any atom is -0.435 e. The number of alkyl halides is 2. The van der Waals surface area contributed by atoms with Crippen LogP contribution in [0.2, 0.25) is 0 Å². The topological polar surface area (TPSA) is 64.4 Å². The van der Waals surface area contributed by atoms with Crippen LogP contribution >= 0.6 is 0 Å². The molecule has 2 rings (SSSR count). The van der Waals surface area contributed by atoms with Crippen molar-refractivity contribution in [1.29, 1.82) is 0 Å². The second kappa shape index (κ2) is 7.02. The number of carbonyl (C=O) groups excluding carboxylic acids is 1. The first-order chi connectivity index (χ1) is 10.5. The zero-order chi connectivity index (χ0) is 16.1. The van der Waals surface area contributed by atoms with Crippen molar-refractivity contribution < 1.29 is 22.8 Å². The second-order valence-corrected chi connectivity index (χ2v) is 4.78. The van der Waals surface area contributed by atoms with E-state index in [-0.39, 0.29) is 18.1 Å². The summed E-state index contributed by atoms with van der Waals surface area (Å²) >= 11 is 0. The molecule has 0 saturated carbocycles. The fraction of sp³-hybridized carbons (Fsp3) is 0.333. The first kappa shape index (κ1) is 15.9. The summed E-state index contributed by atoms with van der Waals surface area (Å²) in [6.07, 6.45) is 0.188. The molecule has 0 atom stereocenters. The highest BCUT2D eigenvalue weighted by Crippen LogP contribution is 2.15. The van der Waals surface area contributed by atoms with Crippen molar-refractivity contribution >= 4 is 5.91 Å². The number of hydrogen-bond acceptors (Lipinski definition) is 4. The molecule has 2 aromatic rings.